The van der Waals surface area contributed by atoms with Crippen LogP contribution in [0.2, 0.25) is 0 Å². The van der Waals surface area contributed by atoms with Gasteiger partial charge in [-0.25, -0.2) is 4.63 Å². The molecule has 20 heavy (non-hydrogen) atoms. The molecule has 7 nitrogen and oxygen atoms in total. The molecular formula is C13H16N4O3. The molecule has 2 heterocycles. The van der Waals surface area contributed by atoms with Crippen LogP contribution in [0.15, 0.2) is 29.0 Å². The predicted molar refractivity (Wildman–Crippen MR) is 69.7 cm³/mol. The lowest BCUT2D eigenvalue weighted by Gasteiger charge is -2.17. The van der Waals surface area contributed by atoms with Crippen LogP contribution in [0.1, 0.15) is 23.1 Å². The van der Waals surface area contributed by atoms with E-state index < -0.39 is 0 Å². The van der Waals surface area contributed by atoms with Crippen LogP contribution in [0.5, 0.6) is 0 Å². The van der Waals surface area contributed by atoms with E-state index in [0.29, 0.717) is 18.0 Å². The Hall–Kier alpha value is -2.28. The zero-order valence-corrected chi connectivity index (χ0v) is 11.4. The average Bonchev–Trinajstić information content (AvgIpc) is 2.85. The summed E-state index contributed by atoms with van der Waals surface area (Å²) in [5.74, 6) is -0.184. The summed E-state index contributed by atoms with van der Waals surface area (Å²) in [5.41, 5.74) is 1.89. The second-order valence-corrected chi connectivity index (χ2v) is 4.30. The minimum atomic E-state index is -0.297. The normalized spacial score (nSPS) is 12.1. The van der Waals surface area contributed by atoms with E-state index in [1.54, 1.807) is 20.2 Å². The molecule has 0 spiro atoms. The van der Waals surface area contributed by atoms with E-state index >= 15 is 0 Å². The molecule has 1 amide bonds. The third-order valence-electron chi connectivity index (χ3n) is 2.79. The molecule has 0 aliphatic heterocycles. The molecule has 2 rings (SSSR count). The van der Waals surface area contributed by atoms with Crippen LogP contribution >= 0.6 is 0 Å². The first-order valence-electron chi connectivity index (χ1n) is 6.18. The number of hydrogen-bond donors (Lipinski definition) is 1. The molecule has 0 radical (unpaired) electrons. The summed E-state index contributed by atoms with van der Waals surface area (Å²) in [4.78, 5) is 16.2. The molecule has 1 N–H and O–H groups in total. The van der Waals surface area contributed by atoms with Gasteiger partial charge in [-0.3, -0.25) is 9.78 Å². The van der Waals surface area contributed by atoms with Gasteiger partial charge in [0, 0.05) is 13.3 Å². The number of nitrogens with one attached hydrogen (secondary N) is 1. The number of pyridine rings is 1. The van der Waals surface area contributed by atoms with Crippen molar-refractivity contribution in [2.75, 3.05) is 13.7 Å². The Morgan fingerprint density at radius 2 is 2.30 bits per heavy atom. The van der Waals surface area contributed by atoms with Crippen molar-refractivity contribution in [3.05, 3.63) is 41.5 Å². The van der Waals surface area contributed by atoms with Crippen LogP contribution in [0.4, 0.5) is 0 Å². The fourth-order valence-electron chi connectivity index (χ4n) is 1.76. The van der Waals surface area contributed by atoms with Crippen LogP contribution in [-0.2, 0) is 16.0 Å². The van der Waals surface area contributed by atoms with Crippen molar-refractivity contribution in [3.8, 4) is 0 Å². The summed E-state index contributed by atoms with van der Waals surface area (Å²) >= 11 is 0. The molecule has 0 saturated heterocycles. The molecule has 7 heteroatoms. The van der Waals surface area contributed by atoms with Crippen molar-refractivity contribution in [1.29, 1.82) is 0 Å². The zero-order valence-electron chi connectivity index (χ0n) is 11.4. The molecular weight excluding hydrogens is 260 g/mol. The first-order chi connectivity index (χ1) is 9.70. The summed E-state index contributed by atoms with van der Waals surface area (Å²) in [6, 6.07) is 5.23. The van der Waals surface area contributed by atoms with E-state index in [1.807, 2.05) is 18.2 Å². The third-order valence-corrected chi connectivity index (χ3v) is 2.79. The summed E-state index contributed by atoms with van der Waals surface area (Å²) in [7, 11) is 1.58. The van der Waals surface area contributed by atoms with Crippen molar-refractivity contribution in [2.45, 2.75) is 19.4 Å². The fraction of sp³-hybridized carbons (Fsp3) is 0.385. The van der Waals surface area contributed by atoms with Gasteiger partial charge < -0.3 is 10.1 Å². The van der Waals surface area contributed by atoms with Crippen LogP contribution in [0.3, 0.4) is 0 Å². The van der Waals surface area contributed by atoms with Crippen molar-refractivity contribution >= 4 is 5.91 Å². The summed E-state index contributed by atoms with van der Waals surface area (Å²) in [5, 5.41) is 10.2. The van der Waals surface area contributed by atoms with Gasteiger partial charge in [-0.2, -0.15) is 0 Å². The number of aromatic nitrogens is 3. The Kier molecular flexibility index (Phi) is 4.78. The zero-order chi connectivity index (χ0) is 14.4. The highest BCUT2D eigenvalue weighted by atomic mass is 16.6. The highest BCUT2D eigenvalue weighted by molar-refractivity contribution is 5.78. The Labute approximate surface area is 116 Å². The van der Waals surface area contributed by atoms with Gasteiger partial charge in [-0.1, -0.05) is 16.4 Å². The Balaban J connectivity index is 2.01. The van der Waals surface area contributed by atoms with E-state index in [4.69, 9.17) is 4.74 Å². The minimum absolute atomic E-state index is 0.113. The molecule has 0 bridgehead atoms. The molecule has 2 aromatic rings. The van der Waals surface area contributed by atoms with Gasteiger partial charge in [0.15, 0.2) is 0 Å². The van der Waals surface area contributed by atoms with Gasteiger partial charge in [-0.05, 0) is 19.1 Å². The van der Waals surface area contributed by atoms with Crippen molar-refractivity contribution in [3.63, 3.8) is 0 Å². The molecule has 0 fully saturated rings. The maximum absolute atomic E-state index is 12.0. The molecule has 0 saturated carbocycles. The highest BCUT2D eigenvalue weighted by Crippen LogP contribution is 2.10. The molecule has 0 aromatic carbocycles. The van der Waals surface area contributed by atoms with Crippen LogP contribution in [0.25, 0.3) is 0 Å². The lowest BCUT2D eigenvalue weighted by atomic mass is 10.1. The average molecular weight is 276 g/mol. The van der Waals surface area contributed by atoms with E-state index in [2.05, 4.69) is 25.2 Å². The van der Waals surface area contributed by atoms with E-state index in [1.165, 1.54) is 0 Å². The van der Waals surface area contributed by atoms with Crippen molar-refractivity contribution in [1.82, 2.24) is 20.6 Å². The van der Waals surface area contributed by atoms with Gasteiger partial charge in [0.05, 0.1) is 24.8 Å². The number of carbonyl (C=O) groups is 1. The number of aryl methyl sites for hydroxylation is 1. The quantitative estimate of drug-likeness (QED) is 0.840. The second-order valence-electron chi connectivity index (χ2n) is 4.30. The molecule has 1 atom stereocenters. The maximum Gasteiger partial charge on any atom is 0.226 e. The van der Waals surface area contributed by atoms with Crippen molar-refractivity contribution < 1.29 is 14.2 Å². The first-order valence-corrected chi connectivity index (χ1v) is 6.18. The third kappa shape index (κ3) is 3.61. The molecule has 0 unspecified atom stereocenters. The number of carbonyl (C=O) groups excluding carboxylic acids is 1. The Morgan fingerprint density at radius 3 is 2.90 bits per heavy atom. The van der Waals surface area contributed by atoms with E-state index in [-0.39, 0.29) is 18.4 Å². The van der Waals surface area contributed by atoms with Gasteiger partial charge >= 0.3 is 0 Å². The van der Waals surface area contributed by atoms with Gasteiger partial charge in [-0.15, -0.1) is 0 Å². The number of nitrogens with zero attached hydrogens (tertiary/aromatic N) is 3. The monoisotopic (exact) mass is 276 g/mol. The Morgan fingerprint density at radius 1 is 1.45 bits per heavy atom. The van der Waals surface area contributed by atoms with Gasteiger partial charge in [0.2, 0.25) is 5.91 Å². The smallest absolute Gasteiger partial charge is 0.226 e. The number of methoxy groups -OCH3 is 1. The standard InChI is InChI=1S/C13H16N4O3/c1-9-11(17-20-16-9)7-13(18)15-12(8-19-2)10-5-3-4-6-14-10/h3-6,12H,7-8H2,1-2H3,(H,15,18)/t12-/m0/s1. The first kappa shape index (κ1) is 14.1. The van der Waals surface area contributed by atoms with Crippen LogP contribution in [-0.4, -0.2) is 34.9 Å². The largest absolute Gasteiger partial charge is 0.382 e. The van der Waals surface area contributed by atoms with Gasteiger partial charge in [0.1, 0.15) is 11.4 Å². The lowest BCUT2D eigenvalue weighted by molar-refractivity contribution is -0.121. The number of rotatable bonds is 6. The molecule has 106 valence electrons. The summed E-state index contributed by atoms with van der Waals surface area (Å²) in [6.45, 7) is 2.09. The summed E-state index contributed by atoms with van der Waals surface area (Å²) < 4.78 is 9.68. The van der Waals surface area contributed by atoms with Crippen LogP contribution in [0, 0.1) is 6.92 Å². The lowest BCUT2D eigenvalue weighted by Crippen LogP contribution is -2.33. The second kappa shape index (κ2) is 6.76. The molecule has 0 aliphatic carbocycles. The highest BCUT2D eigenvalue weighted by Gasteiger charge is 2.17. The minimum Gasteiger partial charge on any atom is -0.382 e. The van der Waals surface area contributed by atoms with E-state index in [9.17, 15) is 4.79 Å². The van der Waals surface area contributed by atoms with Crippen LogP contribution < -0.4 is 5.32 Å². The maximum atomic E-state index is 12.0. The SMILES string of the molecule is COC[C@H](NC(=O)Cc1nonc1C)c1ccccn1. The number of hydrogen-bond acceptors (Lipinski definition) is 6. The molecule has 2 aromatic heterocycles. The molecule has 0 aliphatic rings. The Bertz CT molecular complexity index is 556. The number of amides is 1. The summed E-state index contributed by atoms with van der Waals surface area (Å²) in [6.07, 6.45) is 1.79. The topological polar surface area (TPSA) is 90.1 Å². The fourth-order valence-corrected chi connectivity index (χ4v) is 1.76. The van der Waals surface area contributed by atoms with Crippen molar-refractivity contribution in [2.24, 2.45) is 0 Å². The van der Waals surface area contributed by atoms with E-state index in [0.717, 1.165) is 5.69 Å². The number of ether oxygens (including phenoxy) is 1. The van der Waals surface area contributed by atoms with Gasteiger partial charge in [0.25, 0.3) is 0 Å². The predicted octanol–water partition coefficient (Wildman–Crippen LogP) is 0.819.